The van der Waals surface area contributed by atoms with Crippen molar-refractivity contribution in [3.05, 3.63) is 42.0 Å². The highest BCUT2D eigenvalue weighted by atomic mass is 16.4. The third-order valence-electron chi connectivity index (χ3n) is 2.47. The van der Waals surface area contributed by atoms with E-state index >= 15 is 0 Å². The number of primary amides is 1. The van der Waals surface area contributed by atoms with E-state index in [4.69, 9.17) is 15.8 Å². The van der Waals surface area contributed by atoms with Gasteiger partial charge in [-0.2, -0.15) is 0 Å². The van der Waals surface area contributed by atoms with Gasteiger partial charge >= 0.3 is 7.12 Å². The molecule has 0 aliphatic heterocycles. The molecule has 0 saturated carbocycles. The molecule has 0 aliphatic rings. The standard InChI is InChI=1S/C11H10BNO3/c13-11(14)10-3-1-2-7-6-8(12(15)16)4-5-9(7)10/h1-6,15-16H,(H2,13,14). The first-order valence-corrected chi connectivity index (χ1v) is 4.78. The Morgan fingerprint density at radius 1 is 1.19 bits per heavy atom. The molecular weight excluding hydrogens is 205 g/mol. The fourth-order valence-corrected chi connectivity index (χ4v) is 1.68. The third-order valence-corrected chi connectivity index (χ3v) is 2.47. The highest BCUT2D eigenvalue weighted by Gasteiger charge is 2.12. The van der Waals surface area contributed by atoms with Crippen LogP contribution in [0.2, 0.25) is 0 Å². The van der Waals surface area contributed by atoms with Gasteiger partial charge in [-0.15, -0.1) is 0 Å². The summed E-state index contributed by atoms with van der Waals surface area (Å²) in [5.41, 5.74) is 6.05. The molecule has 0 heterocycles. The number of hydrogen-bond donors (Lipinski definition) is 3. The van der Waals surface area contributed by atoms with E-state index in [1.165, 1.54) is 0 Å². The quantitative estimate of drug-likeness (QED) is 0.597. The van der Waals surface area contributed by atoms with Crippen molar-refractivity contribution in [1.29, 1.82) is 0 Å². The van der Waals surface area contributed by atoms with Crippen LogP contribution in [0.3, 0.4) is 0 Å². The zero-order chi connectivity index (χ0) is 11.7. The van der Waals surface area contributed by atoms with Crippen LogP contribution in [0.1, 0.15) is 10.4 Å². The van der Waals surface area contributed by atoms with Gasteiger partial charge < -0.3 is 15.8 Å². The van der Waals surface area contributed by atoms with Gasteiger partial charge in [-0.1, -0.05) is 30.3 Å². The van der Waals surface area contributed by atoms with Crippen molar-refractivity contribution in [2.75, 3.05) is 0 Å². The van der Waals surface area contributed by atoms with Crippen molar-refractivity contribution in [2.45, 2.75) is 0 Å². The van der Waals surface area contributed by atoms with Crippen molar-refractivity contribution < 1.29 is 14.8 Å². The first kappa shape index (κ1) is 10.7. The lowest BCUT2D eigenvalue weighted by atomic mass is 9.79. The number of benzene rings is 2. The molecule has 5 heteroatoms. The van der Waals surface area contributed by atoms with Crippen molar-refractivity contribution in [3.8, 4) is 0 Å². The molecule has 2 rings (SSSR count). The zero-order valence-electron chi connectivity index (χ0n) is 8.42. The summed E-state index contributed by atoms with van der Waals surface area (Å²) in [6.45, 7) is 0. The molecule has 80 valence electrons. The van der Waals surface area contributed by atoms with Crippen LogP contribution in [0.25, 0.3) is 10.8 Å². The van der Waals surface area contributed by atoms with E-state index in [0.29, 0.717) is 16.4 Å². The maximum atomic E-state index is 11.2. The van der Waals surface area contributed by atoms with E-state index in [-0.39, 0.29) is 0 Å². The number of nitrogens with two attached hydrogens (primary N) is 1. The molecular formula is C11H10BNO3. The molecule has 0 spiro atoms. The highest BCUT2D eigenvalue weighted by molar-refractivity contribution is 6.58. The summed E-state index contributed by atoms with van der Waals surface area (Å²) >= 11 is 0. The van der Waals surface area contributed by atoms with Crippen LogP contribution >= 0.6 is 0 Å². The maximum absolute atomic E-state index is 11.2. The molecule has 0 atom stereocenters. The lowest BCUT2D eigenvalue weighted by molar-refractivity contribution is 0.100. The van der Waals surface area contributed by atoms with Crippen LogP contribution in [-0.4, -0.2) is 23.1 Å². The second kappa shape index (κ2) is 3.96. The number of fused-ring (bicyclic) bond motifs is 1. The maximum Gasteiger partial charge on any atom is 0.488 e. The molecule has 0 aliphatic carbocycles. The molecule has 0 saturated heterocycles. The van der Waals surface area contributed by atoms with Crippen LogP contribution in [0.15, 0.2) is 36.4 Å². The van der Waals surface area contributed by atoms with Gasteiger partial charge in [0, 0.05) is 5.56 Å². The average molecular weight is 215 g/mol. The summed E-state index contributed by atoms with van der Waals surface area (Å²) in [7, 11) is -1.51. The highest BCUT2D eigenvalue weighted by Crippen LogP contribution is 2.17. The van der Waals surface area contributed by atoms with Gasteiger partial charge in [0.05, 0.1) is 0 Å². The topological polar surface area (TPSA) is 83.6 Å². The van der Waals surface area contributed by atoms with E-state index in [1.54, 1.807) is 36.4 Å². The van der Waals surface area contributed by atoms with Crippen molar-refractivity contribution in [1.82, 2.24) is 0 Å². The minimum absolute atomic E-state index is 0.383. The predicted octanol–water partition coefficient (Wildman–Crippen LogP) is -0.381. The fourth-order valence-electron chi connectivity index (χ4n) is 1.68. The molecule has 0 bridgehead atoms. The molecule has 0 unspecified atom stereocenters. The third kappa shape index (κ3) is 1.78. The summed E-state index contributed by atoms with van der Waals surface area (Å²) in [6, 6.07) is 9.96. The molecule has 0 fully saturated rings. The Bertz CT molecular complexity index is 554. The van der Waals surface area contributed by atoms with Crippen LogP contribution in [0.5, 0.6) is 0 Å². The Kier molecular flexibility index (Phi) is 2.64. The van der Waals surface area contributed by atoms with Gasteiger partial charge in [-0.05, 0) is 22.3 Å². The Balaban J connectivity index is 2.69. The summed E-state index contributed by atoms with van der Waals surface area (Å²) < 4.78 is 0. The molecule has 0 aromatic heterocycles. The van der Waals surface area contributed by atoms with E-state index in [1.807, 2.05) is 0 Å². The number of carbonyl (C=O) groups is 1. The summed E-state index contributed by atoms with van der Waals surface area (Å²) in [5.74, 6) is -0.497. The average Bonchev–Trinajstić information content (AvgIpc) is 2.27. The molecule has 2 aromatic rings. The lowest BCUT2D eigenvalue weighted by Crippen LogP contribution is -2.29. The van der Waals surface area contributed by atoms with Crippen LogP contribution in [0.4, 0.5) is 0 Å². The number of carbonyl (C=O) groups excluding carboxylic acids is 1. The summed E-state index contributed by atoms with van der Waals surface area (Å²) in [4.78, 5) is 11.2. The van der Waals surface area contributed by atoms with Crippen LogP contribution in [0, 0.1) is 0 Å². The summed E-state index contributed by atoms with van der Waals surface area (Å²) in [5, 5.41) is 19.5. The smallest absolute Gasteiger partial charge is 0.423 e. The van der Waals surface area contributed by atoms with Crippen LogP contribution < -0.4 is 11.2 Å². The minimum Gasteiger partial charge on any atom is -0.423 e. The van der Waals surface area contributed by atoms with Gasteiger partial charge in [0.25, 0.3) is 0 Å². The van der Waals surface area contributed by atoms with Gasteiger partial charge in [0.2, 0.25) is 5.91 Å². The number of amides is 1. The van der Waals surface area contributed by atoms with Crippen molar-refractivity contribution in [3.63, 3.8) is 0 Å². The number of hydrogen-bond acceptors (Lipinski definition) is 3. The van der Waals surface area contributed by atoms with Gasteiger partial charge in [0.1, 0.15) is 0 Å². The Morgan fingerprint density at radius 3 is 2.56 bits per heavy atom. The SMILES string of the molecule is NC(=O)c1cccc2cc(B(O)O)ccc12. The minimum atomic E-state index is -1.51. The molecule has 1 amide bonds. The molecule has 2 aromatic carbocycles. The molecule has 4 nitrogen and oxygen atoms in total. The Hall–Kier alpha value is -1.85. The second-order valence-electron chi connectivity index (χ2n) is 3.52. The van der Waals surface area contributed by atoms with Gasteiger partial charge in [-0.25, -0.2) is 0 Å². The Morgan fingerprint density at radius 2 is 1.94 bits per heavy atom. The van der Waals surface area contributed by atoms with E-state index < -0.39 is 13.0 Å². The normalized spacial score (nSPS) is 10.4. The van der Waals surface area contributed by atoms with Crippen molar-refractivity contribution in [2.24, 2.45) is 5.73 Å². The first-order valence-electron chi connectivity index (χ1n) is 4.78. The molecule has 4 N–H and O–H groups in total. The van der Waals surface area contributed by atoms with E-state index in [0.717, 1.165) is 5.39 Å². The van der Waals surface area contributed by atoms with E-state index in [2.05, 4.69) is 0 Å². The fraction of sp³-hybridized carbons (Fsp3) is 0. The first-order chi connectivity index (χ1) is 7.59. The second-order valence-corrected chi connectivity index (χ2v) is 3.52. The largest absolute Gasteiger partial charge is 0.488 e. The molecule has 0 radical (unpaired) electrons. The number of rotatable bonds is 2. The monoisotopic (exact) mass is 215 g/mol. The van der Waals surface area contributed by atoms with Crippen molar-refractivity contribution >= 4 is 29.3 Å². The molecule has 16 heavy (non-hydrogen) atoms. The van der Waals surface area contributed by atoms with Gasteiger partial charge in [0.15, 0.2) is 0 Å². The summed E-state index contributed by atoms with van der Waals surface area (Å²) in [6.07, 6.45) is 0. The van der Waals surface area contributed by atoms with Gasteiger partial charge in [-0.3, -0.25) is 4.79 Å². The lowest BCUT2D eigenvalue weighted by Gasteiger charge is -2.05. The zero-order valence-corrected chi connectivity index (χ0v) is 8.42. The van der Waals surface area contributed by atoms with Crippen LogP contribution in [-0.2, 0) is 0 Å². The predicted molar refractivity (Wildman–Crippen MR) is 62.3 cm³/mol. The Labute approximate surface area is 92.5 Å². The van der Waals surface area contributed by atoms with E-state index in [9.17, 15) is 4.79 Å².